The van der Waals surface area contributed by atoms with E-state index in [2.05, 4.69) is 15.4 Å². The topological polar surface area (TPSA) is 59.3 Å². The summed E-state index contributed by atoms with van der Waals surface area (Å²) in [7, 11) is 0. The van der Waals surface area contributed by atoms with Gasteiger partial charge in [-0.25, -0.2) is 4.98 Å². The quantitative estimate of drug-likeness (QED) is 0.549. The largest absolute Gasteiger partial charge is 0.356 e. The van der Waals surface area contributed by atoms with Crippen LogP contribution in [0.1, 0.15) is 11.4 Å². The summed E-state index contributed by atoms with van der Waals surface area (Å²) in [6, 6.07) is 19.6. The van der Waals surface area contributed by atoms with E-state index in [4.69, 9.17) is 0 Å². The number of benzene rings is 2. The molecule has 0 unspecified atom stereocenters. The number of hydrogen-bond acceptors (Lipinski definition) is 5. The molecular weight excluding hydrogens is 344 g/mol. The fraction of sp³-hybridized carbons (Fsp3) is 0.0500. The standard InChI is InChI=1S/C20H16N4OS/c1-14-22-19-18(11-12-26-19)20(25)24(14)21-13-15-7-9-17(10-8-15)23-16-5-3-2-4-6-16/h2-13,23H,1H3. The molecule has 4 rings (SSSR count). The summed E-state index contributed by atoms with van der Waals surface area (Å²) in [5, 5.41) is 10.1. The Bertz CT molecular complexity index is 1130. The van der Waals surface area contributed by atoms with Crippen LogP contribution in [0, 0.1) is 6.92 Å². The zero-order valence-corrected chi connectivity index (χ0v) is 14.9. The smallest absolute Gasteiger partial charge is 0.282 e. The molecule has 0 spiro atoms. The number of rotatable bonds is 4. The number of hydrogen-bond donors (Lipinski definition) is 1. The van der Waals surface area contributed by atoms with Gasteiger partial charge in [0.2, 0.25) is 0 Å². The molecule has 0 fully saturated rings. The Kier molecular flexibility index (Phi) is 4.33. The average molecular weight is 360 g/mol. The first-order valence-corrected chi connectivity index (χ1v) is 9.02. The third kappa shape index (κ3) is 3.27. The summed E-state index contributed by atoms with van der Waals surface area (Å²) in [6.45, 7) is 1.78. The van der Waals surface area contributed by atoms with Crippen LogP contribution >= 0.6 is 11.3 Å². The van der Waals surface area contributed by atoms with Gasteiger partial charge in [0.25, 0.3) is 5.56 Å². The van der Waals surface area contributed by atoms with E-state index < -0.39 is 0 Å². The number of nitrogens with zero attached hydrogens (tertiary/aromatic N) is 3. The van der Waals surface area contributed by atoms with Crippen molar-refractivity contribution in [1.82, 2.24) is 9.66 Å². The minimum Gasteiger partial charge on any atom is -0.356 e. The van der Waals surface area contributed by atoms with Crippen LogP contribution < -0.4 is 10.9 Å². The minimum atomic E-state index is -0.146. The molecule has 128 valence electrons. The van der Waals surface area contributed by atoms with Crippen LogP contribution in [0.4, 0.5) is 11.4 Å². The molecule has 0 aliphatic rings. The molecule has 0 bridgehead atoms. The molecule has 0 aliphatic heterocycles. The van der Waals surface area contributed by atoms with Gasteiger partial charge in [0.1, 0.15) is 10.7 Å². The van der Waals surface area contributed by atoms with Gasteiger partial charge in [0, 0.05) is 11.4 Å². The van der Waals surface area contributed by atoms with Crippen LogP contribution in [-0.2, 0) is 0 Å². The van der Waals surface area contributed by atoms with E-state index in [9.17, 15) is 4.79 Å². The molecule has 0 saturated carbocycles. The number of para-hydroxylation sites is 1. The minimum absolute atomic E-state index is 0.146. The van der Waals surface area contributed by atoms with E-state index in [1.165, 1.54) is 16.0 Å². The highest BCUT2D eigenvalue weighted by Crippen LogP contribution is 2.17. The molecule has 0 saturated heterocycles. The molecule has 6 heteroatoms. The second kappa shape index (κ2) is 6.93. The highest BCUT2D eigenvalue weighted by molar-refractivity contribution is 7.16. The van der Waals surface area contributed by atoms with Crippen molar-refractivity contribution in [3.8, 4) is 0 Å². The third-order valence-electron chi connectivity index (χ3n) is 3.93. The van der Waals surface area contributed by atoms with Crippen LogP contribution in [-0.4, -0.2) is 15.9 Å². The second-order valence-corrected chi connectivity index (χ2v) is 6.67. The van der Waals surface area contributed by atoms with Crippen molar-refractivity contribution in [2.75, 3.05) is 5.32 Å². The van der Waals surface area contributed by atoms with Crippen molar-refractivity contribution in [1.29, 1.82) is 0 Å². The molecule has 0 radical (unpaired) electrons. The lowest BCUT2D eigenvalue weighted by molar-refractivity contribution is 0.772. The number of anilines is 2. The summed E-state index contributed by atoms with van der Waals surface area (Å²) in [5.41, 5.74) is 2.78. The summed E-state index contributed by atoms with van der Waals surface area (Å²) in [6.07, 6.45) is 1.67. The SMILES string of the molecule is Cc1nc2sccc2c(=O)n1N=Cc1ccc(Nc2ccccc2)cc1. The van der Waals surface area contributed by atoms with Crippen molar-refractivity contribution < 1.29 is 0 Å². The molecule has 0 aliphatic carbocycles. The van der Waals surface area contributed by atoms with Gasteiger partial charge in [-0.15, -0.1) is 11.3 Å². The van der Waals surface area contributed by atoms with E-state index in [0.29, 0.717) is 11.2 Å². The van der Waals surface area contributed by atoms with Crippen LogP contribution in [0.2, 0.25) is 0 Å². The predicted octanol–water partition coefficient (Wildman–Crippen LogP) is 4.39. The van der Waals surface area contributed by atoms with Gasteiger partial charge in [0.15, 0.2) is 0 Å². The summed E-state index contributed by atoms with van der Waals surface area (Å²) in [5.74, 6) is 0.573. The van der Waals surface area contributed by atoms with E-state index in [1.54, 1.807) is 19.2 Å². The Morgan fingerprint density at radius 1 is 1.04 bits per heavy atom. The lowest BCUT2D eigenvalue weighted by atomic mass is 10.2. The lowest BCUT2D eigenvalue weighted by Gasteiger charge is -2.06. The number of aryl methyl sites for hydroxylation is 1. The Morgan fingerprint density at radius 3 is 2.54 bits per heavy atom. The second-order valence-electron chi connectivity index (χ2n) is 5.77. The highest BCUT2D eigenvalue weighted by Gasteiger charge is 2.07. The monoisotopic (exact) mass is 360 g/mol. The molecule has 0 atom stereocenters. The lowest BCUT2D eigenvalue weighted by Crippen LogP contribution is -2.19. The van der Waals surface area contributed by atoms with Crippen LogP contribution in [0.5, 0.6) is 0 Å². The molecule has 4 aromatic rings. The highest BCUT2D eigenvalue weighted by atomic mass is 32.1. The molecule has 0 amide bonds. The zero-order chi connectivity index (χ0) is 17.9. The first-order chi connectivity index (χ1) is 12.7. The van der Waals surface area contributed by atoms with Crippen LogP contribution in [0.15, 0.2) is 75.9 Å². The molecule has 2 aromatic heterocycles. The first-order valence-electron chi connectivity index (χ1n) is 8.14. The molecule has 2 aromatic carbocycles. The molecule has 5 nitrogen and oxygen atoms in total. The van der Waals surface area contributed by atoms with E-state index in [0.717, 1.165) is 21.8 Å². The van der Waals surface area contributed by atoms with Gasteiger partial charge in [-0.1, -0.05) is 30.3 Å². The maximum absolute atomic E-state index is 12.5. The first kappa shape index (κ1) is 16.2. The van der Waals surface area contributed by atoms with Crippen molar-refractivity contribution in [2.45, 2.75) is 6.92 Å². The van der Waals surface area contributed by atoms with Crippen molar-refractivity contribution in [3.63, 3.8) is 0 Å². The molecule has 2 heterocycles. The van der Waals surface area contributed by atoms with E-state index >= 15 is 0 Å². The number of aromatic nitrogens is 2. The van der Waals surface area contributed by atoms with Gasteiger partial charge < -0.3 is 5.32 Å². The fourth-order valence-electron chi connectivity index (χ4n) is 2.61. The normalized spacial score (nSPS) is 11.3. The van der Waals surface area contributed by atoms with Gasteiger partial charge >= 0.3 is 0 Å². The Hall–Kier alpha value is -3.25. The van der Waals surface area contributed by atoms with Gasteiger partial charge in [-0.3, -0.25) is 4.79 Å². The predicted molar refractivity (Wildman–Crippen MR) is 108 cm³/mol. The third-order valence-corrected chi connectivity index (χ3v) is 4.74. The van der Waals surface area contributed by atoms with E-state index in [-0.39, 0.29) is 5.56 Å². The summed E-state index contributed by atoms with van der Waals surface area (Å²) >= 11 is 1.46. The summed E-state index contributed by atoms with van der Waals surface area (Å²) < 4.78 is 1.34. The van der Waals surface area contributed by atoms with Gasteiger partial charge in [0.05, 0.1) is 11.6 Å². The van der Waals surface area contributed by atoms with Crippen LogP contribution in [0.3, 0.4) is 0 Å². The van der Waals surface area contributed by atoms with Crippen molar-refractivity contribution in [2.24, 2.45) is 5.10 Å². The zero-order valence-electron chi connectivity index (χ0n) is 14.1. The maximum atomic E-state index is 12.5. The number of fused-ring (bicyclic) bond motifs is 1. The number of thiophene rings is 1. The molecule has 1 N–H and O–H groups in total. The summed E-state index contributed by atoms with van der Waals surface area (Å²) in [4.78, 5) is 17.7. The van der Waals surface area contributed by atoms with Crippen molar-refractivity contribution in [3.05, 3.63) is 87.8 Å². The average Bonchev–Trinajstić information content (AvgIpc) is 3.12. The molecular formula is C20H16N4OS. The molecule has 26 heavy (non-hydrogen) atoms. The van der Waals surface area contributed by atoms with E-state index in [1.807, 2.05) is 60.0 Å². The van der Waals surface area contributed by atoms with Crippen LogP contribution in [0.25, 0.3) is 10.2 Å². The maximum Gasteiger partial charge on any atom is 0.282 e. The Morgan fingerprint density at radius 2 is 1.77 bits per heavy atom. The van der Waals surface area contributed by atoms with Gasteiger partial charge in [-0.05, 0) is 48.2 Å². The van der Waals surface area contributed by atoms with Gasteiger partial charge in [-0.2, -0.15) is 9.78 Å². The number of nitrogens with one attached hydrogen (secondary N) is 1. The Labute approximate surface area is 154 Å². The Balaban J connectivity index is 1.57. The fourth-order valence-corrected chi connectivity index (χ4v) is 3.41. The van der Waals surface area contributed by atoms with Crippen molar-refractivity contribution >= 4 is 39.1 Å².